The standard InChI is InChI=1S/C10H6O6.Na.H/c11-6-3-5(10(14)15)4-1-2-7(12)16-9(4)8(6)13;;/h1-3,11,13H,(H,14,15);;/q;+1;-1. The fourth-order valence-electron chi connectivity index (χ4n) is 1.38. The summed E-state index contributed by atoms with van der Waals surface area (Å²) in [5.41, 5.74) is -1.34. The van der Waals surface area contributed by atoms with Crippen LogP contribution in [-0.4, -0.2) is 21.3 Å². The van der Waals surface area contributed by atoms with Crippen LogP contribution in [-0.2, 0) is 0 Å². The summed E-state index contributed by atoms with van der Waals surface area (Å²) in [7, 11) is 0. The molecular formula is C10H7NaO6. The van der Waals surface area contributed by atoms with Crippen LogP contribution in [0.25, 0.3) is 11.0 Å². The third-order valence-electron chi connectivity index (χ3n) is 2.09. The van der Waals surface area contributed by atoms with Crippen molar-refractivity contribution in [3.8, 4) is 11.5 Å². The maximum absolute atomic E-state index is 10.9. The molecule has 0 amide bonds. The van der Waals surface area contributed by atoms with Gasteiger partial charge in [0.25, 0.3) is 0 Å². The van der Waals surface area contributed by atoms with Crippen LogP contribution in [0.5, 0.6) is 11.5 Å². The van der Waals surface area contributed by atoms with Crippen molar-refractivity contribution in [1.82, 2.24) is 0 Å². The van der Waals surface area contributed by atoms with Crippen molar-refractivity contribution >= 4 is 16.9 Å². The molecular weight excluding hydrogens is 239 g/mol. The Labute approximate surface area is 118 Å². The molecule has 0 unspecified atom stereocenters. The van der Waals surface area contributed by atoms with Gasteiger partial charge >= 0.3 is 41.2 Å². The zero-order chi connectivity index (χ0) is 11.9. The topological polar surface area (TPSA) is 108 Å². The second-order valence-corrected chi connectivity index (χ2v) is 3.09. The summed E-state index contributed by atoms with van der Waals surface area (Å²) in [5.74, 6) is -2.61. The van der Waals surface area contributed by atoms with Crippen molar-refractivity contribution in [2.75, 3.05) is 0 Å². The zero-order valence-corrected chi connectivity index (χ0v) is 10.8. The van der Waals surface area contributed by atoms with E-state index in [0.717, 1.165) is 12.1 Å². The third kappa shape index (κ3) is 2.28. The van der Waals surface area contributed by atoms with E-state index in [4.69, 9.17) is 5.11 Å². The summed E-state index contributed by atoms with van der Waals surface area (Å²) >= 11 is 0. The Bertz CT molecular complexity index is 651. The van der Waals surface area contributed by atoms with Crippen LogP contribution < -0.4 is 35.2 Å². The molecule has 0 aliphatic carbocycles. The Morgan fingerprint density at radius 2 is 1.94 bits per heavy atom. The number of benzene rings is 1. The van der Waals surface area contributed by atoms with E-state index in [1.807, 2.05) is 0 Å². The predicted molar refractivity (Wildman–Crippen MR) is 53.9 cm³/mol. The monoisotopic (exact) mass is 246 g/mol. The van der Waals surface area contributed by atoms with E-state index >= 15 is 0 Å². The average Bonchev–Trinajstić information content (AvgIpc) is 2.23. The SMILES string of the molecule is O=C(O)c1cc(O)c(O)c2oc(=O)ccc12.[H-].[Na+]. The minimum atomic E-state index is -1.30. The van der Waals surface area contributed by atoms with Crippen molar-refractivity contribution in [1.29, 1.82) is 0 Å². The molecule has 0 saturated heterocycles. The van der Waals surface area contributed by atoms with Gasteiger partial charge in [0.15, 0.2) is 11.3 Å². The molecule has 1 aromatic carbocycles. The van der Waals surface area contributed by atoms with E-state index in [2.05, 4.69) is 4.42 Å². The van der Waals surface area contributed by atoms with Gasteiger partial charge in [-0.25, -0.2) is 9.59 Å². The smallest absolute Gasteiger partial charge is 1.00 e. The summed E-state index contributed by atoms with van der Waals surface area (Å²) in [6.07, 6.45) is 0. The van der Waals surface area contributed by atoms with Gasteiger partial charge in [-0.2, -0.15) is 0 Å². The van der Waals surface area contributed by atoms with Gasteiger partial charge in [-0.05, 0) is 12.1 Å². The first-order chi connectivity index (χ1) is 7.50. The molecule has 1 aromatic heterocycles. The van der Waals surface area contributed by atoms with Crippen LogP contribution in [0.2, 0.25) is 0 Å². The quantitative estimate of drug-likeness (QED) is 0.306. The fraction of sp³-hybridized carbons (Fsp3) is 0. The molecule has 17 heavy (non-hydrogen) atoms. The van der Waals surface area contributed by atoms with E-state index in [-0.39, 0.29) is 47.5 Å². The Morgan fingerprint density at radius 1 is 1.29 bits per heavy atom. The van der Waals surface area contributed by atoms with Crippen LogP contribution in [0.15, 0.2) is 27.4 Å². The molecule has 0 radical (unpaired) electrons. The van der Waals surface area contributed by atoms with E-state index in [1.54, 1.807) is 0 Å². The van der Waals surface area contributed by atoms with Crippen molar-refractivity contribution < 1.29 is 55.5 Å². The van der Waals surface area contributed by atoms with Crippen molar-refractivity contribution in [2.45, 2.75) is 0 Å². The van der Waals surface area contributed by atoms with E-state index in [0.29, 0.717) is 0 Å². The first-order valence-electron chi connectivity index (χ1n) is 4.23. The number of phenols is 2. The summed E-state index contributed by atoms with van der Waals surface area (Å²) in [6.45, 7) is 0. The molecule has 0 spiro atoms. The number of rotatable bonds is 1. The molecule has 6 nitrogen and oxygen atoms in total. The second-order valence-electron chi connectivity index (χ2n) is 3.09. The van der Waals surface area contributed by atoms with Gasteiger partial charge in [0, 0.05) is 11.5 Å². The van der Waals surface area contributed by atoms with Gasteiger partial charge in [-0.3, -0.25) is 0 Å². The number of carboxylic acids is 1. The Morgan fingerprint density at radius 3 is 2.53 bits per heavy atom. The molecule has 0 atom stereocenters. The van der Waals surface area contributed by atoms with Gasteiger partial charge in [-0.15, -0.1) is 0 Å². The molecule has 3 N–H and O–H groups in total. The van der Waals surface area contributed by atoms with Crippen LogP contribution in [0.1, 0.15) is 11.8 Å². The number of carboxylic acid groups (broad SMARTS) is 1. The van der Waals surface area contributed by atoms with E-state index in [1.165, 1.54) is 6.07 Å². The van der Waals surface area contributed by atoms with Crippen LogP contribution in [0, 0.1) is 0 Å². The Kier molecular flexibility index (Phi) is 3.82. The predicted octanol–water partition coefficient (Wildman–Crippen LogP) is -1.98. The molecule has 0 saturated carbocycles. The number of hydrogen-bond donors (Lipinski definition) is 3. The fourth-order valence-corrected chi connectivity index (χ4v) is 1.38. The van der Waals surface area contributed by atoms with Gasteiger partial charge in [0.1, 0.15) is 0 Å². The molecule has 0 aliphatic heterocycles. The van der Waals surface area contributed by atoms with Gasteiger partial charge in [0.2, 0.25) is 5.75 Å². The number of aromatic hydroxyl groups is 2. The molecule has 2 aromatic rings. The minimum absolute atomic E-state index is 0. The molecule has 84 valence electrons. The third-order valence-corrected chi connectivity index (χ3v) is 2.09. The van der Waals surface area contributed by atoms with Crippen molar-refractivity contribution in [2.24, 2.45) is 0 Å². The molecule has 0 fully saturated rings. The van der Waals surface area contributed by atoms with E-state index in [9.17, 15) is 19.8 Å². The van der Waals surface area contributed by atoms with Gasteiger partial charge in [-0.1, -0.05) is 0 Å². The van der Waals surface area contributed by atoms with Crippen LogP contribution >= 0.6 is 0 Å². The minimum Gasteiger partial charge on any atom is -1.00 e. The summed E-state index contributed by atoms with van der Waals surface area (Å²) < 4.78 is 4.64. The molecule has 7 heteroatoms. The Balaban J connectivity index is 0.00000144. The maximum atomic E-state index is 10.9. The van der Waals surface area contributed by atoms with Crippen LogP contribution in [0.4, 0.5) is 0 Å². The number of phenolic OH excluding ortho intramolecular Hbond substituents is 2. The van der Waals surface area contributed by atoms with Gasteiger partial charge < -0.3 is 21.2 Å². The summed E-state index contributed by atoms with van der Waals surface area (Å²) in [6, 6.07) is 3.13. The summed E-state index contributed by atoms with van der Waals surface area (Å²) in [4.78, 5) is 21.8. The maximum Gasteiger partial charge on any atom is 1.00 e. The summed E-state index contributed by atoms with van der Waals surface area (Å²) in [5, 5.41) is 27.6. The molecule has 1 heterocycles. The number of carbonyl (C=O) groups is 1. The van der Waals surface area contributed by atoms with Crippen molar-refractivity contribution in [3.05, 3.63) is 34.2 Å². The zero-order valence-electron chi connectivity index (χ0n) is 9.80. The number of fused-ring (bicyclic) bond motifs is 1. The molecule has 2 rings (SSSR count). The van der Waals surface area contributed by atoms with E-state index < -0.39 is 23.1 Å². The second kappa shape index (κ2) is 4.79. The molecule has 0 bridgehead atoms. The normalized spacial score (nSPS) is 9.88. The molecule has 0 aliphatic rings. The number of aromatic carboxylic acids is 1. The first kappa shape index (κ1) is 13.6. The van der Waals surface area contributed by atoms with Crippen LogP contribution in [0.3, 0.4) is 0 Å². The Hall–Kier alpha value is -1.50. The first-order valence-corrected chi connectivity index (χ1v) is 4.23. The average molecular weight is 246 g/mol. The number of hydrogen-bond acceptors (Lipinski definition) is 5. The van der Waals surface area contributed by atoms with Crippen molar-refractivity contribution in [3.63, 3.8) is 0 Å². The largest absolute Gasteiger partial charge is 1.00 e. The van der Waals surface area contributed by atoms with Gasteiger partial charge in [0.05, 0.1) is 5.56 Å².